The second-order valence-corrected chi connectivity index (χ2v) is 8.86. The summed E-state index contributed by atoms with van der Waals surface area (Å²) in [5, 5.41) is 19.3. The highest BCUT2D eigenvalue weighted by molar-refractivity contribution is 9.10. The zero-order valence-corrected chi connectivity index (χ0v) is 17.4. The number of aromatic nitrogens is 2. The van der Waals surface area contributed by atoms with E-state index >= 15 is 0 Å². The summed E-state index contributed by atoms with van der Waals surface area (Å²) in [7, 11) is 2.02. The average Bonchev–Trinajstić information content (AvgIpc) is 3.08. The Bertz CT molecular complexity index is 734. The smallest absolute Gasteiger partial charge is 0.208 e. The molecule has 1 aliphatic heterocycles. The van der Waals surface area contributed by atoms with Crippen LogP contribution < -0.4 is 4.90 Å². The first-order chi connectivity index (χ1) is 12.4. The SMILES string of the molecule is CC(O)CN1CCC(CN(C)c2nnc(-c3cc(Br)ccc3F)s2)CC1. The van der Waals surface area contributed by atoms with Crippen LogP contribution in [0.15, 0.2) is 22.7 Å². The lowest BCUT2D eigenvalue weighted by atomic mass is 9.96. The van der Waals surface area contributed by atoms with Crippen LogP contribution in [-0.4, -0.2) is 59.5 Å². The van der Waals surface area contributed by atoms with Crippen LogP contribution in [0.5, 0.6) is 0 Å². The first kappa shape index (κ1) is 19.7. The number of hydrogen-bond acceptors (Lipinski definition) is 6. The number of halogens is 2. The van der Waals surface area contributed by atoms with Gasteiger partial charge in [-0.2, -0.15) is 0 Å². The molecular weight excluding hydrogens is 419 g/mol. The standard InChI is InChI=1S/C18H24BrFN4OS/c1-12(25)10-24-7-5-13(6-8-24)11-23(2)18-22-21-17(26-18)15-9-14(19)3-4-16(15)20/h3-4,9,12-13,25H,5-8,10-11H2,1-2H3. The molecule has 0 saturated carbocycles. The summed E-state index contributed by atoms with van der Waals surface area (Å²) in [5.41, 5.74) is 0.475. The van der Waals surface area contributed by atoms with E-state index < -0.39 is 0 Å². The zero-order valence-electron chi connectivity index (χ0n) is 15.0. The number of likely N-dealkylation sites (tertiary alicyclic amines) is 1. The number of aliphatic hydroxyl groups is 1. The first-order valence-corrected chi connectivity index (χ1v) is 10.4. The fourth-order valence-corrected chi connectivity index (χ4v) is 4.52. The molecule has 0 radical (unpaired) electrons. The molecule has 1 aliphatic rings. The molecule has 1 N–H and O–H groups in total. The number of anilines is 1. The van der Waals surface area contributed by atoms with E-state index in [1.165, 1.54) is 17.4 Å². The minimum absolute atomic E-state index is 0.271. The van der Waals surface area contributed by atoms with Crippen molar-refractivity contribution in [3.8, 4) is 10.6 Å². The van der Waals surface area contributed by atoms with Crippen LogP contribution in [0.1, 0.15) is 19.8 Å². The largest absolute Gasteiger partial charge is 0.392 e. The molecule has 26 heavy (non-hydrogen) atoms. The van der Waals surface area contributed by atoms with Crippen molar-refractivity contribution < 1.29 is 9.50 Å². The minimum atomic E-state index is -0.288. The van der Waals surface area contributed by atoms with Crippen LogP contribution in [0.2, 0.25) is 0 Å². The Kier molecular flexibility index (Phi) is 6.60. The maximum absolute atomic E-state index is 14.0. The molecule has 0 aliphatic carbocycles. The summed E-state index contributed by atoms with van der Waals surface area (Å²) in [6, 6.07) is 4.85. The number of β-amino-alcohol motifs (C(OH)–C–C–N with tert-alkyl or cyclic N) is 1. The van der Waals surface area contributed by atoms with Crippen molar-refractivity contribution in [3.63, 3.8) is 0 Å². The highest BCUT2D eigenvalue weighted by atomic mass is 79.9. The van der Waals surface area contributed by atoms with Crippen molar-refractivity contribution in [3.05, 3.63) is 28.5 Å². The highest BCUT2D eigenvalue weighted by Gasteiger charge is 2.22. The van der Waals surface area contributed by atoms with Crippen molar-refractivity contribution in [1.29, 1.82) is 0 Å². The molecule has 2 heterocycles. The van der Waals surface area contributed by atoms with Gasteiger partial charge in [0.25, 0.3) is 0 Å². The van der Waals surface area contributed by atoms with E-state index in [1.54, 1.807) is 12.1 Å². The number of hydrogen-bond donors (Lipinski definition) is 1. The summed E-state index contributed by atoms with van der Waals surface area (Å²) in [6.45, 7) is 5.54. The maximum atomic E-state index is 14.0. The predicted octanol–water partition coefficient (Wildman–Crippen LogP) is 3.64. The normalized spacial score (nSPS) is 17.4. The second kappa shape index (κ2) is 8.73. The maximum Gasteiger partial charge on any atom is 0.208 e. The Morgan fingerprint density at radius 1 is 1.38 bits per heavy atom. The van der Waals surface area contributed by atoms with Gasteiger partial charge in [0.05, 0.1) is 6.10 Å². The van der Waals surface area contributed by atoms with E-state index in [4.69, 9.17) is 0 Å². The molecule has 8 heteroatoms. The average molecular weight is 443 g/mol. The first-order valence-electron chi connectivity index (χ1n) is 8.83. The van der Waals surface area contributed by atoms with E-state index in [1.807, 2.05) is 14.0 Å². The van der Waals surface area contributed by atoms with Crippen LogP contribution in [-0.2, 0) is 0 Å². The topological polar surface area (TPSA) is 52.5 Å². The molecule has 5 nitrogen and oxygen atoms in total. The second-order valence-electron chi connectivity index (χ2n) is 6.99. The van der Waals surface area contributed by atoms with E-state index in [-0.39, 0.29) is 11.9 Å². The highest BCUT2D eigenvalue weighted by Crippen LogP contribution is 2.32. The van der Waals surface area contributed by atoms with E-state index in [0.29, 0.717) is 16.5 Å². The Labute approximate surface area is 166 Å². The zero-order chi connectivity index (χ0) is 18.7. The minimum Gasteiger partial charge on any atom is -0.392 e. The van der Waals surface area contributed by atoms with Crippen LogP contribution >= 0.6 is 27.3 Å². The van der Waals surface area contributed by atoms with Gasteiger partial charge in [0.1, 0.15) is 5.82 Å². The number of nitrogens with zero attached hydrogens (tertiary/aromatic N) is 4. The van der Waals surface area contributed by atoms with Gasteiger partial charge >= 0.3 is 0 Å². The monoisotopic (exact) mass is 442 g/mol. The van der Waals surface area contributed by atoms with Gasteiger partial charge in [0, 0.05) is 30.2 Å². The molecular formula is C18H24BrFN4OS. The van der Waals surface area contributed by atoms with Crippen molar-refractivity contribution in [2.24, 2.45) is 5.92 Å². The molecule has 1 saturated heterocycles. The summed E-state index contributed by atoms with van der Waals surface area (Å²) >= 11 is 4.79. The summed E-state index contributed by atoms with van der Waals surface area (Å²) < 4.78 is 14.9. The van der Waals surface area contributed by atoms with Crippen LogP contribution in [0, 0.1) is 11.7 Å². The van der Waals surface area contributed by atoms with E-state index in [9.17, 15) is 9.50 Å². The third-order valence-electron chi connectivity index (χ3n) is 4.66. The van der Waals surface area contributed by atoms with Gasteiger partial charge in [0.15, 0.2) is 5.01 Å². The molecule has 0 spiro atoms. The van der Waals surface area contributed by atoms with Crippen LogP contribution in [0.25, 0.3) is 10.6 Å². The van der Waals surface area contributed by atoms with Gasteiger partial charge in [-0.25, -0.2) is 4.39 Å². The number of aliphatic hydroxyl groups excluding tert-OH is 1. The fraction of sp³-hybridized carbons (Fsp3) is 0.556. The van der Waals surface area contributed by atoms with Crippen LogP contribution in [0.4, 0.5) is 9.52 Å². The fourth-order valence-electron chi connectivity index (χ4n) is 3.33. The van der Waals surface area contributed by atoms with E-state index in [0.717, 1.165) is 48.6 Å². The predicted molar refractivity (Wildman–Crippen MR) is 107 cm³/mol. The molecule has 1 atom stereocenters. The molecule has 0 bridgehead atoms. The lowest BCUT2D eigenvalue weighted by molar-refractivity contribution is 0.101. The molecule has 2 aromatic rings. The molecule has 3 rings (SSSR count). The Morgan fingerprint density at radius 3 is 2.81 bits per heavy atom. The molecule has 1 aromatic carbocycles. The summed E-state index contributed by atoms with van der Waals surface area (Å²) in [4.78, 5) is 4.44. The van der Waals surface area contributed by atoms with Crippen molar-refractivity contribution in [2.45, 2.75) is 25.9 Å². The van der Waals surface area contributed by atoms with Gasteiger partial charge in [-0.05, 0) is 57.0 Å². The molecule has 1 unspecified atom stereocenters. The third kappa shape index (κ3) is 5.00. The van der Waals surface area contributed by atoms with Crippen molar-refractivity contribution in [2.75, 3.05) is 38.1 Å². The van der Waals surface area contributed by atoms with Gasteiger partial charge in [-0.1, -0.05) is 27.3 Å². The Hall–Kier alpha value is -1.09. The van der Waals surface area contributed by atoms with Crippen LogP contribution in [0.3, 0.4) is 0 Å². The van der Waals surface area contributed by atoms with Crippen molar-refractivity contribution >= 4 is 32.4 Å². The molecule has 0 amide bonds. The summed E-state index contributed by atoms with van der Waals surface area (Å²) in [5.74, 6) is 0.309. The number of benzene rings is 1. The number of piperidine rings is 1. The van der Waals surface area contributed by atoms with Gasteiger partial charge in [-0.15, -0.1) is 10.2 Å². The quantitative estimate of drug-likeness (QED) is 0.739. The van der Waals surface area contributed by atoms with E-state index in [2.05, 4.69) is 35.9 Å². The molecule has 1 aromatic heterocycles. The van der Waals surface area contributed by atoms with Crippen molar-refractivity contribution in [1.82, 2.24) is 15.1 Å². The molecule has 1 fully saturated rings. The lowest BCUT2D eigenvalue weighted by Gasteiger charge is -2.34. The van der Waals surface area contributed by atoms with Gasteiger partial charge < -0.3 is 14.9 Å². The number of rotatable bonds is 6. The lowest BCUT2D eigenvalue weighted by Crippen LogP contribution is -2.40. The summed E-state index contributed by atoms with van der Waals surface area (Å²) in [6.07, 6.45) is 1.96. The van der Waals surface area contributed by atoms with Gasteiger partial charge in [0.2, 0.25) is 5.13 Å². The van der Waals surface area contributed by atoms with Gasteiger partial charge in [-0.3, -0.25) is 0 Å². The molecule has 142 valence electrons. The Morgan fingerprint density at radius 2 is 2.12 bits per heavy atom. The third-order valence-corrected chi connectivity index (χ3v) is 6.23. The Balaban J connectivity index is 1.59.